The van der Waals surface area contributed by atoms with E-state index in [0.29, 0.717) is 0 Å². The minimum atomic E-state index is -3.72. The van der Waals surface area contributed by atoms with E-state index in [1.807, 2.05) is 0 Å². The maximum Gasteiger partial charge on any atom is 0.263 e. The molecule has 0 atom stereocenters. The Morgan fingerprint density at radius 3 is 2.67 bits per heavy atom. The first-order valence-electron chi connectivity index (χ1n) is 3.79. The lowest BCUT2D eigenvalue weighted by atomic mass is 10.7. The zero-order valence-corrected chi connectivity index (χ0v) is 10.4. The van der Waals surface area contributed by atoms with Gasteiger partial charge >= 0.3 is 0 Å². The molecule has 1 heterocycles. The Bertz CT molecular complexity index is 483. The number of nitriles is 1. The Labute approximate surface area is 95.5 Å². The number of hydrogen-bond donors (Lipinski definition) is 0. The van der Waals surface area contributed by atoms with Crippen molar-refractivity contribution in [2.24, 2.45) is 7.05 Å². The van der Waals surface area contributed by atoms with Crippen LogP contribution in [0, 0.1) is 11.3 Å². The second-order valence-electron chi connectivity index (χ2n) is 2.73. The molecule has 1 rings (SSSR count). The molecular formula is C6H8BrN5O2S. The molecule has 0 fully saturated rings. The van der Waals surface area contributed by atoms with Crippen molar-refractivity contribution >= 4 is 26.0 Å². The molecule has 0 saturated heterocycles. The second-order valence-corrected chi connectivity index (χ2v) is 5.44. The molecule has 82 valence electrons. The van der Waals surface area contributed by atoms with Crippen LogP contribution in [0.2, 0.25) is 0 Å². The highest BCUT2D eigenvalue weighted by molar-refractivity contribution is 9.10. The van der Waals surface area contributed by atoms with Gasteiger partial charge in [-0.15, -0.1) is 5.10 Å². The fourth-order valence-electron chi connectivity index (χ4n) is 0.929. The third kappa shape index (κ3) is 2.17. The third-order valence-corrected chi connectivity index (χ3v) is 4.38. The van der Waals surface area contributed by atoms with Crippen LogP contribution in [-0.4, -0.2) is 41.3 Å². The highest BCUT2D eigenvalue weighted by Gasteiger charge is 2.28. The zero-order valence-electron chi connectivity index (χ0n) is 8.05. The van der Waals surface area contributed by atoms with Gasteiger partial charge in [0.25, 0.3) is 10.0 Å². The van der Waals surface area contributed by atoms with Gasteiger partial charge in [0.2, 0.25) is 5.03 Å². The Morgan fingerprint density at radius 2 is 2.27 bits per heavy atom. The summed E-state index contributed by atoms with van der Waals surface area (Å²) in [5, 5.41) is 15.5. The van der Waals surface area contributed by atoms with E-state index in [4.69, 9.17) is 5.26 Å². The predicted octanol–water partition coefficient (Wildman–Crippen LogP) is -0.278. The molecule has 0 aromatic carbocycles. The first-order valence-corrected chi connectivity index (χ1v) is 6.03. The molecule has 0 aliphatic carbocycles. The fourth-order valence-corrected chi connectivity index (χ4v) is 3.02. The summed E-state index contributed by atoms with van der Waals surface area (Å²) in [6.45, 7) is -0.222. The number of nitrogens with zero attached hydrogens (tertiary/aromatic N) is 5. The molecule has 0 spiro atoms. The van der Waals surface area contributed by atoms with Crippen LogP contribution in [0.1, 0.15) is 0 Å². The summed E-state index contributed by atoms with van der Waals surface area (Å²) in [7, 11) is -0.937. The molecule has 0 N–H and O–H groups in total. The smallest absolute Gasteiger partial charge is 0.235 e. The van der Waals surface area contributed by atoms with Crippen LogP contribution in [0.5, 0.6) is 0 Å². The summed E-state index contributed by atoms with van der Waals surface area (Å²) >= 11 is 2.99. The Morgan fingerprint density at radius 1 is 1.67 bits per heavy atom. The molecule has 0 saturated carbocycles. The van der Waals surface area contributed by atoms with Crippen LogP contribution >= 0.6 is 15.9 Å². The number of aromatic nitrogens is 3. The molecule has 0 aliphatic heterocycles. The van der Waals surface area contributed by atoms with Gasteiger partial charge in [0, 0.05) is 14.1 Å². The van der Waals surface area contributed by atoms with Crippen LogP contribution in [0.4, 0.5) is 0 Å². The van der Waals surface area contributed by atoms with Crippen molar-refractivity contribution in [1.82, 2.24) is 19.3 Å². The van der Waals surface area contributed by atoms with Crippen molar-refractivity contribution in [3.8, 4) is 6.07 Å². The summed E-state index contributed by atoms with van der Waals surface area (Å²) in [5.74, 6) is 0. The molecule has 15 heavy (non-hydrogen) atoms. The van der Waals surface area contributed by atoms with Gasteiger partial charge in [0.05, 0.1) is 6.07 Å². The highest BCUT2D eigenvalue weighted by Crippen LogP contribution is 2.20. The lowest BCUT2D eigenvalue weighted by Gasteiger charge is -2.12. The van der Waals surface area contributed by atoms with Gasteiger partial charge in [-0.05, 0) is 15.9 Å². The topological polar surface area (TPSA) is 91.9 Å². The summed E-state index contributed by atoms with van der Waals surface area (Å²) < 4.78 is 25.9. The average Bonchev–Trinajstić information content (AvgIpc) is 2.46. The first-order chi connectivity index (χ1) is 6.91. The molecule has 1 aromatic heterocycles. The Hall–Kier alpha value is -0.980. The SMILES string of the molecule is CN(CC#N)S(=O)(=O)c1c(Br)nnn1C. The van der Waals surface area contributed by atoms with E-state index in [-0.39, 0.29) is 16.2 Å². The maximum atomic E-state index is 11.9. The standard InChI is InChI=1S/C6H8BrN5O2S/c1-11(4-3-8)15(13,14)6-5(7)9-10-12(6)2/h4H2,1-2H3. The normalized spacial score (nSPS) is 11.7. The Balaban J connectivity index is 3.24. The van der Waals surface area contributed by atoms with Crippen molar-refractivity contribution in [1.29, 1.82) is 5.26 Å². The quantitative estimate of drug-likeness (QED) is 0.715. The maximum absolute atomic E-state index is 11.9. The van der Waals surface area contributed by atoms with Crippen molar-refractivity contribution in [2.45, 2.75) is 5.03 Å². The molecular weight excluding hydrogens is 286 g/mol. The van der Waals surface area contributed by atoms with Gasteiger partial charge in [0.1, 0.15) is 6.54 Å². The molecule has 0 aliphatic rings. The second kappa shape index (κ2) is 4.26. The van der Waals surface area contributed by atoms with Crippen molar-refractivity contribution < 1.29 is 8.42 Å². The van der Waals surface area contributed by atoms with Crippen LogP contribution in [0.25, 0.3) is 0 Å². The summed E-state index contributed by atoms with van der Waals surface area (Å²) in [4.78, 5) is 0. The summed E-state index contributed by atoms with van der Waals surface area (Å²) in [5.41, 5.74) is 0. The lowest BCUT2D eigenvalue weighted by Crippen LogP contribution is -2.29. The van der Waals surface area contributed by atoms with Crippen molar-refractivity contribution in [3.05, 3.63) is 4.60 Å². The zero-order chi connectivity index (χ0) is 11.6. The van der Waals surface area contributed by atoms with Gasteiger partial charge < -0.3 is 0 Å². The number of aryl methyl sites for hydroxylation is 1. The minimum Gasteiger partial charge on any atom is -0.235 e. The molecule has 0 unspecified atom stereocenters. The first kappa shape index (κ1) is 12.1. The third-order valence-electron chi connectivity index (χ3n) is 1.69. The van der Waals surface area contributed by atoms with Crippen molar-refractivity contribution in [3.63, 3.8) is 0 Å². The molecule has 0 radical (unpaired) electrons. The average molecular weight is 294 g/mol. The van der Waals surface area contributed by atoms with Crippen LogP contribution in [0.15, 0.2) is 9.63 Å². The Kier molecular flexibility index (Phi) is 3.43. The number of rotatable bonds is 3. The predicted molar refractivity (Wildman–Crippen MR) is 54.1 cm³/mol. The molecule has 7 nitrogen and oxygen atoms in total. The van der Waals surface area contributed by atoms with E-state index >= 15 is 0 Å². The lowest BCUT2D eigenvalue weighted by molar-refractivity contribution is 0.488. The van der Waals surface area contributed by atoms with Gasteiger partial charge in [0.15, 0.2) is 4.60 Å². The van der Waals surface area contributed by atoms with Crippen molar-refractivity contribution in [2.75, 3.05) is 13.6 Å². The monoisotopic (exact) mass is 293 g/mol. The number of hydrogen-bond acceptors (Lipinski definition) is 5. The number of sulfonamides is 1. The van der Waals surface area contributed by atoms with Gasteiger partial charge in [-0.3, -0.25) is 0 Å². The van der Waals surface area contributed by atoms with Crippen LogP contribution in [0.3, 0.4) is 0 Å². The van der Waals surface area contributed by atoms with Crippen LogP contribution in [-0.2, 0) is 17.1 Å². The highest BCUT2D eigenvalue weighted by atomic mass is 79.9. The molecule has 1 aromatic rings. The van der Waals surface area contributed by atoms with E-state index in [0.717, 1.165) is 8.99 Å². The molecule has 9 heteroatoms. The van der Waals surface area contributed by atoms with E-state index in [9.17, 15) is 8.42 Å². The van der Waals surface area contributed by atoms with E-state index < -0.39 is 10.0 Å². The van der Waals surface area contributed by atoms with E-state index in [1.165, 1.54) is 14.1 Å². The minimum absolute atomic E-state index is 0.0692. The van der Waals surface area contributed by atoms with Gasteiger partial charge in [-0.2, -0.15) is 9.57 Å². The fraction of sp³-hybridized carbons (Fsp3) is 0.500. The van der Waals surface area contributed by atoms with Gasteiger partial charge in [-0.1, -0.05) is 5.21 Å². The largest absolute Gasteiger partial charge is 0.263 e. The summed E-state index contributed by atoms with van der Waals surface area (Å²) in [6.07, 6.45) is 0. The summed E-state index contributed by atoms with van der Waals surface area (Å²) in [6, 6.07) is 1.76. The van der Waals surface area contributed by atoms with E-state index in [1.54, 1.807) is 6.07 Å². The van der Waals surface area contributed by atoms with Gasteiger partial charge in [-0.25, -0.2) is 13.1 Å². The number of halogens is 1. The molecule has 0 bridgehead atoms. The molecule has 0 amide bonds. The van der Waals surface area contributed by atoms with Crippen LogP contribution < -0.4 is 0 Å². The van der Waals surface area contributed by atoms with E-state index in [2.05, 4.69) is 26.2 Å².